The van der Waals surface area contributed by atoms with E-state index in [2.05, 4.69) is 15.2 Å². The fraction of sp³-hybridized carbons (Fsp3) is 0.182. The Labute approximate surface area is 112 Å². The van der Waals surface area contributed by atoms with E-state index < -0.39 is 5.97 Å². The van der Waals surface area contributed by atoms with Crippen LogP contribution in [0.25, 0.3) is 0 Å². The van der Waals surface area contributed by atoms with Crippen molar-refractivity contribution in [1.29, 1.82) is 0 Å². The molecule has 0 saturated heterocycles. The van der Waals surface area contributed by atoms with Crippen molar-refractivity contribution in [2.24, 2.45) is 0 Å². The minimum absolute atomic E-state index is 0. The predicted octanol–water partition coefficient (Wildman–Crippen LogP) is -1.23. The molecule has 0 saturated carbocycles. The smallest absolute Gasteiger partial charge is 1.00 e. The summed E-state index contributed by atoms with van der Waals surface area (Å²) in [6.45, 7) is 1.95. The molecule has 0 bridgehead atoms. The maximum Gasteiger partial charge on any atom is 1.00 e. The second-order valence-electron chi connectivity index (χ2n) is 3.48. The normalized spacial score (nSPS) is 11.6. The minimum Gasteiger partial charge on any atom is -1.00 e. The zero-order valence-corrected chi connectivity index (χ0v) is 9.71. The van der Waals surface area contributed by atoms with Crippen molar-refractivity contribution in [3.05, 3.63) is 47.5 Å². The van der Waals surface area contributed by atoms with Gasteiger partial charge >= 0.3 is 24.8 Å². The molecule has 0 spiro atoms. The van der Waals surface area contributed by atoms with Crippen LogP contribution >= 0.6 is 0 Å². The van der Waals surface area contributed by atoms with Crippen LogP contribution in [-0.4, -0.2) is 26.3 Å². The van der Waals surface area contributed by atoms with Gasteiger partial charge in [-0.1, -0.05) is 37.3 Å². The number of carbonyl (C=O) groups is 1. The first kappa shape index (κ1) is 13.5. The van der Waals surface area contributed by atoms with Crippen LogP contribution in [0, 0.1) is 0 Å². The molecule has 1 aromatic heterocycles. The van der Waals surface area contributed by atoms with Crippen LogP contribution in [0.4, 0.5) is 0 Å². The topological polar surface area (TPSA) is 78.9 Å². The van der Waals surface area contributed by atoms with E-state index in [-0.39, 0.29) is 32.0 Å². The molecule has 6 heteroatoms. The number of rotatable bonds is 3. The van der Waals surface area contributed by atoms with Gasteiger partial charge in [-0.2, -0.15) is 0 Å². The molecule has 1 atom stereocenters. The van der Waals surface area contributed by atoms with Crippen LogP contribution in [0.1, 0.15) is 36.3 Å². The van der Waals surface area contributed by atoms with Crippen molar-refractivity contribution < 1.29 is 30.2 Å². The molecule has 5 nitrogen and oxygen atoms in total. The fourth-order valence-electron chi connectivity index (χ4n) is 1.46. The summed E-state index contributed by atoms with van der Waals surface area (Å²) in [5, 5.41) is 15.0. The summed E-state index contributed by atoms with van der Waals surface area (Å²) < 4.78 is 0. The van der Waals surface area contributed by atoms with Gasteiger partial charge in [0, 0.05) is 5.92 Å². The third kappa shape index (κ3) is 2.96. The van der Waals surface area contributed by atoms with Gasteiger partial charge in [-0.3, -0.25) is 5.10 Å². The molecular formula is C11H12LiN3O2. The fourth-order valence-corrected chi connectivity index (χ4v) is 1.46. The molecule has 0 aliphatic heterocycles. The number of benzene rings is 1. The Bertz CT molecular complexity index is 504. The standard InChI is InChI=1S/C11H11N3O2.Li.H/c1-7(8-5-3-2-4-6-8)9-12-10(11(15)16)14-13-9;;/h2-7H,1H3,(H,15,16)(H,12,13,14);;/q;+1;-1. The van der Waals surface area contributed by atoms with E-state index in [1.807, 2.05) is 37.3 Å². The summed E-state index contributed by atoms with van der Waals surface area (Å²) in [6, 6.07) is 9.72. The molecule has 84 valence electrons. The van der Waals surface area contributed by atoms with Crippen molar-refractivity contribution in [2.75, 3.05) is 0 Å². The first-order valence-electron chi connectivity index (χ1n) is 4.89. The first-order chi connectivity index (χ1) is 7.68. The molecule has 0 fully saturated rings. The second kappa shape index (κ2) is 5.67. The van der Waals surface area contributed by atoms with Gasteiger partial charge in [-0.05, 0) is 5.56 Å². The van der Waals surface area contributed by atoms with Gasteiger partial charge in [0.1, 0.15) is 5.82 Å². The number of hydrogen-bond donors (Lipinski definition) is 2. The van der Waals surface area contributed by atoms with Gasteiger partial charge < -0.3 is 6.53 Å². The van der Waals surface area contributed by atoms with Gasteiger partial charge in [0.15, 0.2) is 0 Å². The van der Waals surface area contributed by atoms with E-state index in [1.54, 1.807) is 0 Å². The molecule has 2 aromatic rings. The third-order valence-corrected chi connectivity index (χ3v) is 2.40. The van der Waals surface area contributed by atoms with Gasteiger partial charge in [0.2, 0.25) is 0 Å². The number of aromatic carboxylic acids is 1. The molecule has 17 heavy (non-hydrogen) atoms. The Hall–Kier alpha value is -1.57. The van der Waals surface area contributed by atoms with E-state index in [9.17, 15) is 4.79 Å². The summed E-state index contributed by atoms with van der Waals surface area (Å²) in [5.41, 5.74) is 1.07. The van der Waals surface area contributed by atoms with Crippen LogP contribution in [0.15, 0.2) is 30.3 Å². The van der Waals surface area contributed by atoms with Crippen LogP contribution in [0.3, 0.4) is 0 Å². The number of nitrogens with zero attached hydrogens (tertiary/aromatic N) is 2. The van der Waals surface area contributed by atoms with Crippen molar-refractivity contribution in [3.8, 4) is 0 Å². The molecule has 0 aliphatic rings. The molecule has 1 aromatic carbocycles. The average Bonchev–Trinajstić information content (AvgIpc) is 2.78. The Morgan fingerprint density at radius 1 is 1.41 bits per heavy atom. The number of H-pyrrole nitrogens is 1. The van der Waals surface area contributed by atoms with Crippen molar-refractivity contribution in [1.82, 2.24) is 15.2 Å². The monoisotopic (exact) mass is 225 g/mol. The molecule has 1 heterocycles. The summed E-state index contributed by atoms with van der Waals surface area (Å²) >= 11 is 0. The van der Waals surface area contributed by atoms with Crippen LogP contribution < -0.4 is 18.9 Å². The van der Waals surface area contributed by atoms with Crippen molar-refractivity contribution >= 4 is 5.97 Å². The van der Waals surface area contributed by atoms with Gasteiger partial charge in [0.05, 0.1) is 0 Å². The van der Waals surface area contributed by atoms with Gasteiger partial charge in [-0.25, -0.2) is 9.78 Å². The number of carboxylic acids is 1. The van der Waals surface area contributed by atoms with Crippen LogP contribution in [0.5, 0.6) is 0 Å². The first-order valence-corrected chi connectivity index (χ1v) is 4.89. The zero-order valence-electron chi connectivity index (χ0n) is 10.7. The number of aromatic nitrogens is 3. The zero-order chi connectivity index (χ0) is 11.5. The maximum absolute atomic E-state index is 10.6. The van der Waals surface area contributed by atoms with Crippen molar-refractivity contribution in [2.45, 2.75) is 12.8 Å². The van der Waals surface area contributed by atoms with Crippen LogP contribution in [-0.2, 0) is 0 Å². The van der Waals surface area contributed by atoms with Crippen molar-refractivity contribution in [3.63, 3.8) is 0 Å². The Kier molecular flexibility index (Phi) is 4.50. The molecule has 1 unspecified atom stereocenters. The van der Waals surface area contributed by atoms with Crippen LogP contribution in [0.2, 0.25) is 0 Å². The minimum atomic E-state index is -1.12. The SMILES string of the molecule is CC(c1ccccc1)c1nc(C(=O)O)n[nH]1.[H-].[Li+]. The van der Waals surface area contributed by atoms with E-state index in [1.165, 1.54) is 0 Å². The predicted molar refractivity (Wildman–Crippen MR) is 58.4 cm³/mol. The molecule has 2 N–H and O–H groups in total. The van der Waals surface area contributed by atoms with Gasteiger partial charge in [0.25, 0.3) is 5.82 Å². The molecule has 0 aliphatic carbocycles. The number of nitrogens with one attached hydrogen (secondary N) is 1. The number of hydrogen-bond acceptors (Lipinski definition) is 3. The quantitative estimate of drug-likeness (QED) is 0.641. The maximum atomic E-state index is 10.6. The molecular weight excluding hydrogens is 213 g/mol. The number of carboxylic acid groups (broad SMARTS) is 1. The summed E-state index contributed by atoms with van der Waals surface area (Å²) in [6.07, 6.45) is 0. The van der Waals surface area contributed by atoms with E-state index >= 15 is 0 Å². The van der Waals surface area contributed by atoms with E-state index in [0.717, 1.165) is 5.56 Å². The molecule has 2 rings (SSSR count). The summed E-state index contributed by atoms with van der Waals surface area (Å²) in [4.78, 5) is 14.5. The third-order valence-electron chi connectivity index (χ3n) is 2.40. The average molecular weight is 225 g/mol. The molecule has 0 radical (unpaired) electrons. The number of aromatic amines is 1. The van der Waals surface area contributed by atoms with E-state index in [0.29, 0.717) is 5.82 Å². The van der Waals surface area contributed by atoms with Gasteiger partial charge in [-0.15, -0.1) is 5.10 Å². The second-order valence-corrected chi connectivity index (χ2v) is 3.48. The summed E-state index contributed by atoms with van der Waals surface area (Å²) in [5.74, 6) is -0.758. The Morgan fingerprint density at radius 2 is 2.06 bits per heavy atom. The molecule has 0 amide bonds. The Balaban J connectivity index is 0.00000144. The summed E-state index contributed by atoms with van der Waals surface area (Å²) in [7, 11) is 0. The van der Waals surface area contributed by atoms with E-state index in [4.69, 9.17) is 5.11 Å². The largest absolute Gasteiger partial charge is 1.00 e. The Morgan fingerprint density at radius 3 is 2.59 bits per heavy atom.